The second kappa shape index (κ2) is 6.55. The maximum atomic E-state index is 5.30. The van der Waals surface area contributed by atoms with E-state index in [9.17, 15) is 0 Å². The van der Waals surface area contributed by atoms with E-state index in [-0.39, 0.29) is 0 Å². The molecule has 0 aliphatic carbocycles. The highest BCUT2D eigenvalue weighted by Crippen LogP contribution is 2.33. The lowest BCUT2D eigenvalue weighted by Crippen LogP contribution is -2.03. The van der Waals surface area contributed by atoms with Crippen molar-refractivity contribution in [1.82, 2.24) is 5.32 Å². The van der Waals surface area contributed by atoms with Gasteiger partial charge >= 0.3 is 0 Å². The van der Waals surface area contributed by atoms with Gasteiger partial charge in [-0.15, -0.1) is 0 Å². The molecule has 1 aromatic rings. The van der Waals surface area contributed by atoms with E-state index >= 15 is 0 Å². The predicted octanol–water partition coefficient (Wildman–Crippen LogP) is 2.70. The van der Waals surface area contributed by atoms with Crippen molar-refractivity contribution in [3.63, 3.8) is 0 Å². The van der Waals surface area contributed by atoms with Crippen molar-refractivity contribution in [3.8, 4) is 11.5 Å². The Morgan fingerprint density at radius 1 is 1.25 bits per heavy atom. The van der Waals surface area contributed by atoms with Crippen molar-refractivity contribution in [3.05, 3.63) is 28.2 Å². The van der Waals surface area contributed by atoms with Crippen molar-refractivity contribution in [1.29, 1.82) is 0 Å². The Morgan fingerprint density at radius 3 is 2.50 bits per heavy atom. The normalized spacial score (nSPS) is 10.8. The van der Waals surface area contributed by atoms with Crippen LogP contribution in [0.25, 0.3) is 6.08 Å². The van der Waals surface area contributed by atoms with Crippen LogP contribution in [0.3, 0.4) is 0 Å². The lowest BCUT2D eigenvalue weighted by Gasteiger charge is -2.09. The third-order valence-corrected chi connectivity index (χ3v) is 2.74. The molecule has 0 radical (unpaired) electrons. The minimum Gasteiger partial charge on any atom is -0.496 e. The SMILES string of the molecule is CNCC=Cc1cc(OC)c(Br)cc1OC. The van der Waals surface area contributed by atoms with Gasteiger partial charge in [-0.25, -0.2) is 0 Å². The van der Waals surface area contributed by atoms with Gasteiger partial charge in [0.05, 0.1) is 18.7 Å². The van der Waals surface area contributed by atoms with E-state index in [0.29, 0.717) is 0 Å². The molecule has 0 spiro atoms. The average molecular weight is 286 g/mol. The van der Waals surface area contributed by atoms with E-state index < -0.39 is 0 Å². The van der Waals surface area contributed by atoms with Gasteiger partial charge in [-0.05, 0) is 35.1 Å². The third kappa shape index (κ3) is 3.25. The predicted molar refractivity (Wildman–Crippen MR) is 70.2 cm³/mol. The standard InChI is InChI=1S/C12H16BrNO2/c1-14-6-4-5-9-7-12(16-3)10(13)8-11(9)15-2/h4-5,7-8,14H,6H2,1-3H3. The van der Waals surface area contributed by atoms with Crippen LogP contribution < -0.4 is 14.8 Å². The Kier molecular flexibility index (Phi) is 5.35. The molecule has 0 fully saturated rings. The van der Waals surface area contributed by atoms with E-state index in [1.807, 2.05) is 31.3 Å². The summed E-state index contributed by atoms with van der Waals surface area (Å²) in [5.41, 5.74) is 0.998. The van der Waals surface area contributed by atoms with E-state index in [1.165, 1.54) is 0 Å². The van der Waals surface area contributed by atoms with Crippen LogP contribution in [0.5, 0.6) is 11.5 Å². The number of hydrogen-bond acceptors (Lipinski definition) is 3. The first kappa shape index (κ1) is 13.1. The van der Waals surface area contributed by atoms with Crippen LogP contribution in [-0.2, 0) is 0 Å². The van der Waals surface area contributed by atoms with Crippen LogP contribution in [0.15, 0.2) is 22.7 Å². The summed E-state index contributed by atoms with van der Waals surface area (Å²) >= 11 is 3.42. The number of rotatable bonds is 5. The Labute approximate surface area is 105 Å². The van der Waals surface area contributed by atoms with Crippen molar-refractivity contribution in [2.45, 2.75) is 0 Å². The monoisotopic (exact) mass is 285 g/mol. The highest BCUT2D eigenvalue weighted by atomic mass is 79.9. The highest BCUT2D eigenvalue weighted by Gasteiger charge is 2.06. The van der Waals surface area contributed by atoms with Gasteiger partial charge in [-0.2, -0.15) is 0 Å². The molecule has 0 amide bonds. The quantitative estimate of drug-likeness (QED) is 0.902. The molecule has 1 aromatic carbocycles. The van der Waals surface area contributed by atoms with Crippen LogP contribution >= 0.6 is 15.9 Å². The van der Waals surface area contributed by atoms with E-state index in [0.717, 1.165) is 28.1 Å². The van der Waals surface area contributed by atoms with Crippen LogP contribution in [-0.4, -0.2) is 27.8 Å². The lowest BCUT2D eigenvalue weighted by molar-refractivity contribution is 0.400. The highest BCUT2D eigenvalue weighted by molar-refractivity contribution is 9.10. The summed E-state index contributed by atoms with van der Waals surface area (Å²) < 4.78 is 11.4. The zero-order valence-corrected chi connectivity index (χ0v) is 11.3. The molecular weight excluding hydrogens is 270 g/mol. The van der Waals surface area contributed by atoms with Crippen LogP contribution in [0.4, 0.5) is 0 Å². The van der Waals surface area contributed by atoms with Gasteiger partial charge in [0.15, 0.2) is 0 Å². The van der Waals surface area contributed by atoms with Gasteiger partial charge in [0.1, 0.15) is 11.5 Å². The minimum atomic E-state index is 0.796. The number of nitrogens with one attached hydrogen (secondary N) is 1. The molecule has 0 atom stereocenters. The summed E-state index contributed by atoms with van der Waals surface area (Å²) in [5.74, 6) is 1.62. The first-order valence-corrected chi connectivity index (χ1v) is 5.75. The van der Waals surface area contributed by atoms with Gasteiger partial charge in [-0.1, -0.05) is 12.2 Å². The Bertz CT molecular complexity index is 378. The van der Waals surface area contributed by atoms with Crippen molar-refractivity contribution < 1.29 is 9.47 Å². The molecule has 16 heavy (non-hydrogen) atoms. The summed E-state index contributed by atoms with van der Waals surface area (Å²) in [4.78, 5) is 0. The maximum absolute atomic E-state index is 5.30. The smallest absolute Gasteiger partial charge is 0.133 e. The first-order valence-electron chi connectivity index (χ1n) is 4.95. The van der Waals surface area contributed by atoms with Gasteiger partial charge < -0.3 is 14.8 Å². The number of methoxy groups -OCH3 is 2. The minimum absolute atomic E-state index is 0.796. The van der Waals surface area contributed by atoms with Crippen LogP contribution in [0, 0.1) is 0 Å². The molecule has 4 heteroatoms. The average Bonchev–Trinajstić information content (AvgIpc) is 2.30. The van der Waals surface area contributed by atoms with Crippen molar-refractivity contribution >= 4 is 22.0 Å². The van der Waals surface area contributed by atoms with E-state index in [2.05, 4.69) is 21.2 Å². The zero-order valence-electron chi connectivity index (χ0n) is 9.71. The fraction of sp³-hybridized carbons (Fsp3) is 0.333. The second-order valence-electron chi connectivity index (χ2n) is 3.19. The summed E-state index contributed by atoms with van der Waals surface area (Å²) in [6.45, 7) is 0.821. The fourth-order valence-electron chi connectivity index (χ4n) is 1.32. The molecule has 0 saturated heterocycles. The van der Waals surface area contributed by atoms with E-state index in [4.69, 9.17) is 9.47 Å². The number of benzene rings is 1. The maximum Gasteiger partial charge on any atom is 0.133 e. The molecule has 0 heterocycles. The molecule has 0 unspecified atom stereocenters. The molecule has 0 bridgehead atoms. The molecule has 3 nitrogen and oxygen atoms in total. The Hall–Kier alpha value is -1.00. The van der Waals surface area contributed by atoms with E-state index in [1.54, 1.807) is 14.2 Å². The number of halogens is 1. The van der Waals surface area contributed by atoms with Crippen LogP contribution in [0.1, 0.15) is 5.56 Å². The third-order valence-electron chi connectivity index (χ3n) is 2.12. The van der Waals surface area contributed by atoms with Gasteiger partial charge in [0.25, 0.3) is 0 Å². The fourth-order valence-corrected chi connectivity index (χ4v) is 1.80. The molecule has 0 aromatic heterocycles. The molecule has 1 rings (SSSR count). The molecule has 1 N–H and O–H groups in total. The zero-order chi connectivity index (χ0) is 12.0. The Morgan fingerprint density at radius 2 is 1.94 bits per heavy atom. The van der Waals surface area contributed by atoms with Crippen molar-refractivity contribution in [2.24, 2.45) is 0 Å². The summed E-state index contributed by atoms with van der Waals surface area (Å²) in [5, 5.41) is 3.05. The van der Waals surface area contributed by atoms with Gasteiger partial charge in [0, 0.05) is 12.1 Å². The Balaban J connectivity index is 3.04. The lowest BCUT2D eigenvalue weighted by atomic mass is 10.1. The summed E-state index contributed by atoms with van der Waals surface area (Å²) in [6.07, 6.45) is 4.04. The second-order valence-corrected chi connectivity index (χ2v) is 4.04. The molecule has 0 aliphatic rings. The molecule has 0 saturated carbocycles. The molecule has 88 valence electrons. The topological polar surface area (TPSA) is 30.5 Å². The molecule has 0 aliphatic heterocycles. The van der Waals surface area contributed by atoms with Crippen molar-refractivity contribution in [2.75, 3.05) is 27.8 Å². The summed E-state index contributed by atoms with van der Waals surface area (Å²) in [7, 11) is 5.21. The first-order chi connectivity index (χ1) is 7.72. The van der Waals surface area contributed by atoms with Gasteiger partial charge in [-0.3, -0.25) is 0 Å². The largest absolute Gasteiger partial charge is 0.496 e. The van der Waals surface area contributed by atoms with Crippen LogP contribution in [0.2, 0.25) is 0 Å². The van der Waals surface area contributed by atoms with Gasteiger partial charge in [0.2, 0.25) is 0 Å². The molecular formula is C12H16BrNO2. The number of likely N-dealkylation sites (N-methyl/N-ethyl adjacent to an activating group) is 1. The number of hydrogen-bond donors (Lipinski definition) is 1. The number of ether oxygens (including phenoxy) is 2. The summed E-state index contributed by atoms with van der Waals surface area (Å²) in [6, 6.07) is 3.84.